The highest BCUT2D eigenvalue weighted by atomic mass is 16.5. The zero-order valence-electron chi connectivity index (χ0n) is 11.4. The number of carboxylic acid groups (broad SMARTS) is 1. The van der Waals surface area contributed by atoms with E-state index in [-0.39, 0.29) is 12.3 Å². The Morgan fingerprint density at radius 1 is 1.47 bits per heavy atom. The maximum atomic E-state index is 10.8. The summed E-state index contributed by atoms with van der Waals surface area (Å²) < 4.78 is 5.36. The van der Waals surface area contributed by atoms with Crippen LogP contribution < -0.4 is 0 Å². The topological polar surface area (TPSA) is 72.3 Å². The molecule has 1 fully saturated rings. The van der Waals surface area contributed by atoms with Crippen LogP contribution in [-0.4, -0.2) is 34.3 Å². The monoisotopic (exact) mass is 264 g/mol. The minimum Gasteiger partial charge on any atom is -0.481 e. The number of hydrogen-bond donors (Lipinski definition) is 1. The summed E-state index contributed by atoms with van der Waals surface area (Å²) in [5.74, 6) is 0.0799. The minimum atomic E-state index is -0.815. The third-order valence-electron chi connectivity index (χ3n) is 3.45. The van der Waals surface area contributed by atoms with E-state index in [9.17, 15) is 4.79 Å². The first-order chi connectivity index (χ1) is 9.06. The van der Waals surface area contributed by atoms with Crippen LogP contribution >= 0.6 is 0 Å². The molecule has 1 unspecified atom stereocenters. The van der Waals surface area contributed by atoms with Gasteiger partial charge in [0.05, 0.1) is 6.42 Å². The van der Waals surface area contributed by atoms with Crippen molar-refractivity contribution in [2.45, 2.75) is 44.9 Å². The summed E-state index contributed by atoms with van der Waals surface area (Å²) in [6, 6.07) is 2.01. The largest absolute Gasteiger partial charge is 0.481 e. The Hall–Kier alpha value is -1.49. The Kier molecular flexibility index (Phi) is 4.47. The highest BCUT2D eigenvalue weighted by Gasteiger charge is 2.20. The molecule has 1 aliphatic heterocycles. The third-order valence-corrected chi connectivity index (χ3v) is 3.45. The van der Waals surface area contributed by atoms with Gasteiger partial charge in [-0.3, -0.25) is 4.79 Å². The molecule has 0 radical (unpaired) electrons. The molecular formula is C14H20N2O3. The molecule has 5 heteroatoms. The van der Waals surface area contributed by atoms with E-state index >= 15 is 0 Å². The summed E-state index contributed by atoms with van der Waals surface area (Å²) in [4.78, 5) is 19.7. The van der Waals surface area contributed by atoms with Gasteiger partial charge < -0.3 is 9.84 Å². The molecule has 0 aliphatic carbocycles. The van der Waals surface area contributed by atoms with Gasteiger partial charge in [-0.25, -0.2) is 9.97 Å². The molecule has 0 spiro atoms. The quantitative estimate of drug-likeness (QED) is 0.903. The van der Waals surface area contributed by atoms with Crippen LogP contribution in [0, 0.1) is 6.92 Å². The lowest BCUT2D eigenvalue weighted by Gasteiger charge is -2.22. The van der Waals surface area contributed by atoms with E-state index in [4.69, 9.17) is 9.84 Å². The van der Waals surface area contributed by atoms with Crippen molar-refractivity contribution < 1.29 is 14.6 Å². The smallest absolute Gasteiger partial charge is 0.304 e. The predicted octanol–water partition coefficient (Wildman–Crippen LogP) is 2.26. The number of carboxylic acids is 1. The van der Waals surface area contributed by atoms with Crippen molar-refractivity contribution in [3.05, 3.63) is 23.3 Å². The van der Waals surface area contributed by atoms with Crippen LogP contribution in [0.25, 0.3) is 0 Å². The first-order valence-corrected chi connectivity index (χ1v) is 6.71. The third kappa shape index (κ3) is 3.73. The zero-order chi connectivity index (χ0) is 13.8. The summed E-state index contributed by atoms with van der Waals surface area (Å²) in [5, 5.41) is 8.86. The maximum Gasteiger partial charge on any atom is 0.304 e. The lowest BCUT2D eigenvalue weighted by atomic mass is 9.95. The number of aryl methyl sites for hydroxylation is 1. The van der Waals surface area contributed by atoms with Gasteiger partial charge in [-0.2, -0.15) is 0 Å². The number of aliphatic carboxylic acids is 1. The second kappa shape index (κ2) is 6.10. The number of ether oxygens (including phenoxy) is 1. The van der Waals surface area contributed by atoms with Crippen LogP contribution in [0.4, 0.5) is 0 Å². The van der Waals surface area contributed by atoms with Crippen molar-refractivity contribution in [3.8, 4) is 0 Å². The first-order valence-electron chi connectivity index (χ1n) is 6.71. The number of carbonyl (C=O) groups is 1. The number of aromatic nitrogens is 2. The molecule has 0 bridgehead atoms. The molecule has 0 saturated carbocycles. The molecule has 1 N–H and O–H groups in total. The first kappa shape index (κ1) is 13.9. The molecule has 2 heterocycles. The maximum absolute atomic E-state index is 10.8. The molecule has 0 aromatic carbocycles. The van der Waals surface area contributed by atoms with Gasteiger partial charge in [0, 0.05) is 36.4 Å². The number of hydrogen-bond acceptors (Lipinski definition) is 4. The molecule has 104 valence electrons. The van der Waals surface area contributed by atoms with Gasteiger partial charge in [-0.05, 0) is 25.8 Å². The molecule has 1 aromatic heterocycles. The van der Waals surface area contributed by atoms with Crippen molar-refractivity contribution in [1.29, 1.82) is 0 Å². The molecule has 5 nitrogen and oxygen atoms in total. The Bertz CT molecular complexity index is 456. The van der Waals surface area contributed by atoms with Crippen molar-refractivity contribution in [3.63, 3.8) is 0 Å². The van der Waals surface area contributed by atoms with Crippen molar-refractivity contribution in [1.82, 2.24) is 9.97 Å². The fourth-order valence-corrected chi connectivity index (χ4v) is 2.39. The van der Waals surface area contributed by atoms with Crippen LogP contribution in [0.15, 0.2) is 6.07 Å². The molecule has 0 amide bonds. The summed E-state index contributed by atoms with van der Waals surface area (Å²) in [6.45, 7) is 5.33. The van der Waals surface area contributed by atoms with E-state index in [2.05, 4.69) is 9.97 Å². The normalized spacial score (nSPS) is 18.2. The highest BCUT2D eigenvalue weighted by molar-refractivity contribution is 5.67. The Balaban J connectivity index is 2.20. The Morgan fingerprint density at radius 2 is 2.16 bits per heavy atom. The van der Waals surface area contributed by atoms with Gasteiger partial charge in [-0.1, -0.05) is 6.92 Å². The summed E-state index contributed by atoms with van der Waals surface area (Å²) >= 11 is 0. The standard InChI is InChI=1S/C14H20N2O3/c1-9(7-13(17)18)14-15-10(2)8-12(16-14)11-3-5-19-6-4-11/h8-9,11H,3-7H2,1-2H3,(H,17,18). The molecule has 2 rings (SSSR count). The second-order valence-corrected chi connectivity index (χ2v) is 5.18. The van der Waals surface area contributed by atoms with Gasteiger partial charge in [0.15, 0.2) is 0 Å². The van der Waals surface area contributed by atoms with Gasteiger partial charge in [0.25, 0.3) is 0 Å². The van der Waals surface area contributed by atoms with E-state index in [1.807, 2.05) is 19.9 Å². The lowest BCUT2D eigenvalue weighted by molar-refractivity contribution is -0.137. The van der Waals surface area contributed by atoms with E-state index in [1.165, 1.54) is 0 Å². The van der Waals surface area contributed by atoms with Crippen molar-refractivity contribution >= 4 is 5.97 Å². The van der Waals surface area contributed by atoms with Crippen LogP contribution in [0.3, 0.4) is 0 Å². The number of nitrogens with zero attached hydrogens (tertiary/aromatic N) is 2. The van der Waals surface area contributed by atoms with Gasteiger partial charge in [0.1, 0.15) is 5.82 Å². The fourth-order valence-electron chi connectivity index (χ4n) is 2.39. The second-order valence-electron chi connectivity index (χ2n) is 5.18. The molecule has 1 saturated heterocycles. The van der Waals surface area contributed by atoms with E-state index in [0.29, 0.717) is 11.7 Å². The zero-order valence-corrected chi connectivity index (χ0v) is 11.4. The van der Waals surface area contributed by atoms with Gasteiger partial charge in [-0.15, -0.1) is 0 Å². The summed E-state index contributed by atoms with van der Waals surface area (Å²) in [6.07, 6.45) is 2.02. The lowest BCUT2D eigenvalue weighted by Crippen LogP contribution is -2.17. The average Bonchev–Trinajstić information content (AvgIpc) is 2.38. The fraction of sp³-hybridized carbons (Fsp3) is 0.643. The molecular weight excluding hydrogens is 244 g/mol. The summed E-state index contributed by atoms with van der Waals surface area (Å²) in [5.41, 5.74) is 1.94. The van der Waals surface area contributed by atoms with Crippen LogP contribution in [0.2, 0.25) is 0 Å². The average molecular weight is 264 g/mol. The van der Waals surface area contributed by atoms with Crippen LogP contribution in [-0.2, 0) is 9.53 Å². The van der Waals surface area contributed by atoms with Gasteiger partial charge in [0.2, 0.25) is 0 Å². The predicted molar refractivity (Wildman–Crippen MR) is 70.2 cm³/mol. The molecule has 1 atom stereocenters. The number of rotatable bonds is 4. The van der Waals surface area contributed by atoms with Crippen molar-refractivity contribution in [2.24, 2.45) is 0 Å². The Labute approximate surface area is 113 Å². The SMILES string of the molecule is Cc1cc(C2CCOCC2)nc(C(C)CC(=O)O)n1. The molecule has 19 heavy (non-hydrogen) atoms. The minimum absolute atomic E-state index is 0.0661. The highest BCUT2D eigenvalue weighted by Crippen LogP contribution is 2.27. The van der Waals surface area contributed by atoms with Crippen LogP contribution in [0.5, 0.6) is 0 Å². The molecule has 1 aliphatic rings. The van der Waals surface area contributed by atoms with E-state index in [1.54, 1.807) is 0 Å². The van der Waals surface area contributed by atoms with Crippen LogP contribution in [0.1, 0.15) is 55.2 Å². The molecule has 1 aromatic rings. The van der Waals surface area contributed by atoms with Crippen molar-refractivity contribution in [2.75, 3.05) is 13.2 Å². The van der Waals surface area contributed by atoms with E-state index < -0.39 is 5.97 Å². The summed E-state index contributed by atoms with van der Waals surface area (Å²) in [7, 11) is 0. The van der Waals surface area contributed by atoms with E-state index in [0.717, 1.165) is 37.4 Å². The van der Waals surface area contributed by atoms with Gasteiger partial charge >= 0.3 is 5.97 Å². The Morgan fingerprint density at radius 3 is 2.79 bits per heavy atom.